The molecule has 0 aliphatic carbocycles. The molecule has 0 atom stereocenters. The fourth-order valence-electron chi connectivity index (χ4n) is 1.80. The molecule has 2 aromatic carbocycles. The summed E-state index contributed by atoms with van der Waals surface area (Å²) >= 11 is 1.67. The molecule has 0 aromatic heterocycles. The van der Waals surface area contributed by atoms with E-state index in [-0.39, 0.29) is 4.90 Å². The van der Waals surface area contributed by atoms with E-state index >= 15 is 0 Å². The number of nitrogens with one attached hydrogen (secondary N) is 1. The molecule has 0 saturated carbocycles. The molecule has 0 radical (unpaired) electrons. The third-order valence-corrected chi connectivity index (χ3v) is 5.10. The van der Waals surface area contributed by atoms with Crippen LogP contribution in [0.5, 0.6) is 0 Å². The molecule has 1 N–H and O–H groups in total. The maximum Gasteiger partial charge on any atom is 0.264 e. The van der Waals surface area contributed by atoms with Gasteiger partial charge in [0.05, 0.1) is 10.6 Å². The van der Waals surface area contributed by atoms with Gasteiger partial charge in [0.15, 0.2) is 0 Å². The molecule has 0 spiro atoms. The molecule has 0 aliphatic rings. The minimum Gasteiger partial charge on any atom is -0.274 e. The number of rotatable bonds is 5. The number of hydrogen-bond acceptors (Lipinski definition) is 5. The number of nitrogens with zero attached hydrogens (tertiary/aromatic N) is 1. The van der Waals surface area contributed by atoms with Crippen LogP contribution >= 0.6 is 11.8 Å². The van der Waals surface area contributed by atoms with Crippen LogP contribution in [0.2, 0.25) is 0 Å². The van der Waals surface area contributed by atoms with Crippen LogP contribution in [0.1, 0.15) is 12.5 Å². The number of carbonyl (C=O) groups excluding carboxylic acids is 1. The van der Waals surface area contributed by atoms with E-state index in [4.69, 9.17) is 0 Å². The van der Waals surface area contributed by atoms with Gasteiger partial charge in [-0.05, 0) is 48.2 Å². The summed E-state index contributed by atoms with van der Waals surface area (Å²) in [6, 6.07) is 13.9. The van der Waals surface area contributed by atoms with Crippen LogP contribution in [0.15, 0.2) is 63.3 Å². The molecule has 2 rings (SSSR count). The zero-order valence-corrected chi connectivity index (χ0v) is 14.3. The number of hydrogen-bond donors (Lipinski definition) is 1. The Balaban J connectivity index is 2.13. The topological polar surface area (TPSA) is 75.6 Å². The number of benzene rings is 2. The third kappa shape index (κ3) is 4.94. The van der Waals surface area contributed by atoms with Gasteiger partial charge in [0.25, 0.3) is 10.0 Å². The van der Waals surface area contributed by atoms with E-state index in [1.54, 1.807) is 30.1 Å². The Kier molecular flexibility index (Phi) is 5.57. The lowest BCUT2D eigenvalue weighted by molar-refractivity contribution is -0.117. The number of aliphatic imine (C=N–C) groups is 1. The van der Waals surface area contributed by atoms with E-state index < -0.39 is 15.9 Å². The van der Waals surface area contributed by atoms with Gasteiger partial charge in [-0.25, -0.2) is 13.1 Å². The Bertz CT molecular complexity index is 811. The van der Waals surface area contributed by atoms with Gasteiger partial charge in [-0.3, -0.25) is 9.79 Å². The molecule has 0 aliphatic heterocycles. The average Bonchev–Trinajstić information content (AvgIpc) is 2.52. The molecule has 0 bridgehead atoms. The molecule has 120 valence electrons. The van der Waals surface area contributed by atoms with Crippen LogP contribution in [-0.2, 0) is 14.8 Å². The van der Waals surface area contributed by atoms with Crippen molar-refractivity contribution in [3.05, 3.63) is 54.1 Å². The quantitative estimate of drug-likeness (QED) is 0.666. The molecular formula is C16H16N2O3S2. The van der Waals surface area contributed by atoms with Gasteiger partial charge in [0.2, 0.25) is 5.91 Å². The molecule has 0 heterocycles. The van der Waals surface area contributed by atoms with E-state index in [1.165, 1.54) is 17.0 Å². The normalized spacial score (nSPS) is 11.6. The van der Waals surface area contributed by atoms with E-state index in [9.17, 15) is 13.2 Å². The van der Waals surface area contributed by atoms with Crippen LogP contribution in [0.4, 0.5) is 5.69 Å². The van der Waals surface area contributed by atoms with Crippen molar-refractivity contribution in [2.75, 3.05) is 6.26 Å². The van der Waals surface area contributed by atoms with Crippen LogP contribution in [-0.4, -0.2) is 26.8 Å². The summed E-state index contributed by atoms with van der Waals surface area (Å²) in [6.07, 6.45) is 3.72. The second kappa shape index (κ2) is 7.43. The summed E-state index contributed by atoms with van der Waals surface area (Å²) < 4.78 is 25.6. The van der Waals surface area contributed by atoms with Gasteiger partial charge in [0.1, 0.15) is 0 Å². The number of thioether (sulfide) groups is 1. The number of sulfonamides is 1. The van der Waals surface area contributed by atoms with E-state index in [0.717, 1.165) is 12.5 Å². The maximum atomic E-state index is 11.8. The van der Waals surface area contributed by atoms with Gasteiger partial charge in [-0.15, -0.1) is 11.8 Å². The van der Waals surface area contributed by atoms with Gasteiger partial charge < -0.3 is 0 Å². The number of amides is 1. The first-order chi connectivity index (χ1) is 10.9. The highest BCUT2D eigenvalue weighted by atomic mass is 32.2. The SMILES string of the molecule is CSc1ccc(C=Nc2ccc(S(=O)(=O)NC(C)=O)cc2)cc1. The Labute approximate surface area is 139 Å². The highest BCUT2D eigenvalue weighted by molar-refractivity contribution is 7.98. The fourth-order valence-corrected chi connectivity index (χ4v) is 3.20. The number of carbonyl (C=O) groups is 1. The third-order valence-electron chi connectivity index (χ3n) is 2.90. The van der Waals surface area contributed by atoms with Crippen LogP contribution in [0, 0.1) is 0 Å². The predicted molar refractivity (Wildman–Crippen MR) is 92.9 cm³/mol. The van der Waals surface area contributed by atoms with Crippen LogP contribution in [0.3, 0.4) is 0 Å². The molecule has 5 nitrogen and oxygen atoms in total. The van der Waals surface area contributed by atoms with Crippen molar-refractivity contribution in [3.8, 4) is 0 Å². The first kappa shape index (κ1) is 17.2. The highest BCUT2D eigenvalue weighted by Crippen LogP contribution is 2.17. The standard InChI is InChI=1S/C16H16N2O3S2/c1-12(19)18-23(20,21)16-9-5-14(6-10-16)17-11-13-3-7-15(22-2)8-4-13/h3-11H,1-2H3,(H,18,19). The molecule has 23 heavy (non-hydrogen) atoms. The monoisotopic (exact) mass is 348 g/mol. The Morgan fingerprint density at radius 3 is 2.22 bits per heavy atom. The van der Waals surface area contributed by atoms with Crippen molar-refractivity contribution in [3.63, 3.8) is 0 Å². The Hall–Kier alpha value is -2.12. The minimum absolute atomic E-state index is 0.0240. The van der Waals surface area contributed by atoms with Crippen molar-refractivity contribution < 1.29 is 13.2 Å². The highest BCUT2D eigenvalue weighted by Gasteiger charge is 2.14. The summed E-state index contributed by atoms with van der Waals surface area (Å²) in [5, 5.41) is 0. The molecule has 0 saturated heterocycles. The van der Waals surface area contributed by atoms with Crippen molar-refractivity contribution >= 4 is 39.6 Å². The van der Waals surface area contributed by atoms with E-state index in [1.807, 2.05) is 35.2 Å². The van der Waals surface area contributed by atoms with Crippen molar-refractivity contribution in [1.29, 1.82) is 0 Å². The maximum absolute atomic E-state index is 11.8. The molecule has 2 aromatic rings. The van der Waals surface area contributed by atoms with Crippen molar-refractivity contribution in [1.82, 2.24) is 4.72 Å². The van der Waals surface area contributed by atoms with Crippen LogP contribution in [0.25, 0.3) is 0 Å². The zero-order valence-electron chi connectivity index (χ0n) is 12.7. The Morgan fingerprint density at radius 2 is 1.70 bits per heavy atom. The molecular weight excluding hydrogens is 332 g/mol. The molecule has 1 amide bonds. The molecule has 0 fully saturated rings. The summed E-state index contributed by atoms with van der Waals surface area (Å²) in [5.74, 6) is -0.624. The minimum atomic E-state index is -3.80. The van der Waals surface area contributed by atoms with Gasteiger partial charge in [-0.2, -0.15) is 0 Å². The summed E-state index contributed by atoms with van der Waals surface area (Å²) in [7, 11) is -3.80. The van der Waals surface area contributed by atoms with Crippen molar-refractivity contribution in [2.45, 2.75) is 16.7 Å². The smallest absolute Gasteiger partial charge is 0.264 e. The zero-order chi connectivity index (χ0) is 16.9. The second-order valence-corrected chi connectivity index (χ2v) is 7.25. The summed E-state index contributed by atoms with van der Waals surface area (Å²) in [6.45, 7) is 1.15. The first-order valence-electron chi connectivity index (χ1n) is 6.72. The van der Waals surface area contributed by atoms with Crippen LogP contribution < -0.4 is 4.72 Å². The fraction of sp³-hybridized carbons (Fsp3) is 0.125. The lowest BCUT2D eigenvalue weighted by Gasteiger charge is -2.04. The van der Waals surface area contributed by atoms with E-state index in [2.05, 4.69) is 4.99 Å². The van der Waals surface area contributed by atoms with Gasteiger partial charge in [0, 0.05) is 18.0 Å². The predicted octanol–water partition coefficient (Wildman–Crippen LogP) is 2.98. The summed E-state index contributed by atoms with van der Waals surface area (Å²) in [5.41, 5.74) is 1.58. The van der Waals surface area contributed by atoms with E-state index in [0.29, 0.717) is 5.69 Å². The van der Waals surface area contributed by atoms with Gasteiger partial charge in [-0.1, -0.05) is 12.1 Å². The second-order valence-electron chi connectivity index (χ2n) is 4.69. The lowest BCUT2D eigenvalue weighted by atomic mass is 10.2. The van der Waals surface area contributed by atoms with Gasteiger partial charge >= 0.3 is 0 Å². The lowest BCUT2D eigenvalue weighted by Crippen LogP contribution is -2.28. The largest absolute Gasteiger partial charge is 0.274 e. The first-order valence-corrected chi connectivity index (χ1v) is 9.43. The Morgan fingerprint density at radius 1 is 1.09 bits per heavy atom. The molecule has 7 heteroatoms. The summed E-state index contributed by atoms with van der Waals surface area (Å²) in [4.78, 5) is 16.4. The molecule has 0 unspecified atom stereocenters. The average molecular weight is 348 g/mol. The van der Waals surface area contributed by atoms with Crippen molar-refractivity contribution in [2.24, 2.45) is 4.99 Å².